The largest absolute Gasteiger partial charge is 0.338 e. The van der Waals surface area contributed by atoms with E-state index in [9.17, 15) is 4.79 Å². The molecule has 118 valence electrons. The van der Waals surface area contributed by atoms with Gasteiger partial charge in [0.25, 0.3) is 0 Å². The SMILES string of the molecule is CC1CCC(CCNC(=O)NC2C3CCC4C(C3)CC42)C1. The van der Waals surface area contributed by atoms with Crippen molar-refractivity contribution >= 4 is 6.03 Å². The Morgan fingerprint density at radius 2 is 1.90 bits per heavy atom. The Hall–Kier alpha value is -0.730. The number of fused-ring (bicyclic) bond motifs is 1. The topological polar surface area (TPSA) is 41.1 Å². The van der Waals surface area contributed by atoms with Gasteiger partial charge in [0.2, 0.25) is 0 Å². The van der Waals surface area contributed by atoms with Crippen LogP contribution in [0.25, 0.3) is 0 Å². The highest BCUT2D eigenvalue weighted by Crippen LogP contribution is 2.59. The number of carbonyl (C=O) groups excluding carboxylic acids is 1. The lowest BCUT2D eigenvalue weighted by Gasteiger charge is -2.61. The quantitative estimate of drug-likeness (QED) is 0.817. The van der Waals surface area contributed by atoms with Crippen LogP contribution in [0, 0.1) is 35.5 Å². The van der Waals surface area contributed by atoms with E-state index in [-0.39, 0.29) is 6.03 Å². The summed E-state index contributed by atoms with van der Waals surface area (Å²) in [6.45, 7) is 3.21. The van der Waals surface area contributed by atoms with Gasteiger partial charge in [-0.1, -0.05) is 19.8 Å². The average molecular weight is 290 g/mol. The molecule has 0 aromatic carbocycles. The molecular formula is C18H30N2O. The van der Waals surface area contributed by atoms with Gasteiger partial charge in [0.05, 0.1) is 0 Å². The van der Waals surface area contributed by atoms with Crippen LogP contribution < -0.4 is 10.6 Å². The molecule has 0 heterocycles. The van der Waals surface area contributed by atoms with E-state index in [1.165, 1.54) is 51.4 Å². The van der Waals surface area contributed by atoms with Crippen LogP contribution in [0.1, 0.15) is 58.3 Å². The summed E-state index contributed by atoms with van der Waals surface area (Å²) < 4.78 is 0. The molecule has 5 rings (SSSR count). The molecule has 0 aromatic rings. The fraction of sp³-hybridized carbons (Fsp3) is 0.944. The Morgan fingerprint density at radius 3 is 2.57 bits per heavy atom. The summed E-state index contributed by atoms with van der Waals surface area (Å²) >= 11 is 0. The molecule has 2 N–H and O–H groups in total. The highest BCUT2D eigenvalue weighted by molar-refractivity contribution is 5.74. The van der Waals surface area contributed by atoms with Crippen molar-refractivity contribution in [3.05, 3.63) is 0 Å². The first kappa shape index (κ1) is 13.9. The van der Waals surface area contributed by atoms with E-state index in [0.717, 1.165) is 42.1 Å². The summed E-state index contributed by atoms with van der Waals surface area (Å²) in [7, 11) is 0. The maximum Gasteiger partial charge on any atom is 0.315 e. The van der Waals surface area contributed by atoms with E-state index in [1.807, 2.05) is 0 Å². The third-order valence-corrected chi connectivity index (χ3v) is 7.12. The van der Waals surface area contributed by atoms with Crippen LogP contribution in [0.3, 0.4) is 0 Å². The number of rotatable bonds is 4. The van der Waals surface area contributed by atoms with Crippen LogP contribution in [0.15, 0.2) is 0 Å². The second kappa shape index (κ2) is 5.48. The van der Waals surface area contributed by atoms with Gasteiger partial charge < -0.3 is 10.6 Å². The maximum absolute atomic E-state index is 12.2. The minimum Gasteiger partial charge on any atom is -0.338 e. The maximum atomic E-state index is 12.2. The van der Waals surface area contributed by atoms with E-state index < -0.39 is 0 Å². The van der Waals surface area contributed by atoms with Crippen molar-refractivity contribution in [2.75, 3.05) is 6.54 Å². The molecule has 5 aliphatic carbocycles. The van der Waals surface area contributed by atoms with E-state index in [2.05, 4.69) is 17.6 Å². The lowest BCUT2D eigenvalue weighted by molar-refractivity contribution is -0.0939. The minimum atomic E-state index is 0.0991. The van der Waals surface area contributed by atoms with Crippen LogP contribution in [0.4, 0.5) is 4.79 Å². The van der Waals surface area contributed by atoms with Gasteiger partial charge in [-0.25, -0.2) is 4.79 Å². The molecule has 5 fully saturated rings. The predicted octanol–water partition coefficient (Wildman–Crippen LogP) is 3.55. The van der Waals surface area contributed by atoms with Crippen molar-refractivity contribution in [1.29, 1.82) is 0 Å². The Bertz CT molecular complexity index is 406. The molecule has 0 aliphatic heterocycles. The van der Waals surface area contributed by atoms with Crippen molar-refractivity contribution < 1.29 is 4.79 Å². The lowest BCUT2D eigenvalue weighted by Crippen LogP contribution is -2.63. The van der Waals surface area contributed by atoms with Gasteiger partial charge in [-0.15, -0.1) is 0 Å². The third kappa shape index (κ3) is 2.57. The zero-order valence-electron chi connectivity index (χ0n) is 13.3. The highest BCUT2D eigenvalue weighted by Gasteiger charge is 2.56. The normalized spacial score (nSPS) is 47.0. The molecule has 0 radical (unpaired) electrons. The standard InChI is InChI=1S/C18H30N2O/c1-11-2-3-12(8-11)6-7-19-18(21)20-17-13-4-5-15-14(9-13)10-16(15)17/h11-17H,2-10H2,1H3,(H2,19,20,21). The van der Waals surface area contributed by atoms with Crippen LogP contribution in [-0.4, -0.2) is 18.6 Å². The molecule has 0 aromatic heterocycles. The van der Waals surface area contributed by atoms with Crippen molar-refractivity contribution in [2.24, 2.45) is 35.5 Å². The van der Waals surface area contributed by atoms with Gasteiger partial charge in [0, 0.05) is 12.6 Å². The van der Waals surface area contributed by atoms with Gasteiger partial charge in [0.1, 0.15) is 0 Å². The zero-order valence-corrected chi connectivity index (χ0v) is 13.3. The predicted molar refractivity (Wildman–Crippen MR) is 83.9 cm³/mol. The van der Waals surface area contributed by atoms with E-state index in [4.69, 9.17) is 0 Å². The Kier molecular flexibility index (Phi) is 3.63. The molecule has 4 bridgehead atoms. The summed E-state index contributed by atoms with van der Waals surface area (Å²) in [6, 6.07) is 0.585. The number of urea groups is 1. The van der Waals surface area contributed by atoms with Crippen molar-refractivity contribution in [1.82, 2.24) is 10.6 Å². The number of carbonyl (C=O) groups is 1. The first-order valence-electron chi connectivity index (χ1n) is 9.25. The van der Waals surface area contributed by atoms with Crippen LogP contribution in [0.2, 0.25) is 0 Å². The summed E-state index contributed by atoms with van der Waals surface area (Å²) in [5, 5.41) is 6.44. The Labute approximate surface area is 128 Å². The molecule has 0 spiro atoms. The Morgan fingerprint density at radius 1 is 1.00 bits per heavy atom. The monoisotopic (exact) mass is 290 g/mol. The lowest BCUT2D eigenvalue weighted by atomic mass is 9.46. The molecule has 7 unspecified atom stereocenters. The zero-order chi connectivity index (χ0) is 14.4. The molecular weight excluding hydrogens is 260 g/mol. The fourth-order valence-corrected chi connectivity index (χ4v) is 5.98. The van der Waals surface area contributed by atoms with Gasteiger partial charge >= 0.3 is 6.03 Å². The summed E-state index contributed by atoms with van der Waals surface area (Å²) in [5.74, 6) is 5.29. The van der Waals surface area contributed by atoms with Crippen LogP contribution in [-0.2, 0) is 0 Å². The minimum absolute atomic E-state index is 0.0991. The number of hydrogen-bond acceptors (Lipinski definition) is 1. The number of nitrogens with one attached hydrogen (secondary N) is 2. The van der Waals surface area contributed by atoms with Crippen LogP contribution in [0.5, 0.6) is 0 Å². The Balaban J connectivity index is 1.20. The van der Waals surface area contributed by atoms with E-state index in [1.54, 1.807) is 0 Å². The first-order chi connectivity index (χ1) is 10.2. The van der Waals surface area contributed by atoms with Crippen LogP contribution >= 0.6 is 0 Å². The summed E-state index contributed by atoms with van der Waals surface area (Å²) in [6.07, 6.45) is 10.8. The average Bonchev–Trinajstić information content (AvgIpc) is 2.85. The molecule has 21 heavy (non-hydrogen) atoms. The van der Waals surface area contributed by atoms with Crippen molar-refractivity contribution in [3.63, 3.8) is 0 Å². The second-order valence-electron chi connectivity index (χ2n) is 8.40. The van der Waals surface area contributed by atoms with E-state index in [0.29, 0.717) is 6.04 Å². The first-order valence-corrected chi connectivity index (χ1v) is 9.25. The molecule has 3 heteroatoms. The smallest absolute Gasteiger partial charge is 0.315 e. The molecule has 3 nitrogen and oxygen atoms in total. The highest BCUT2D eigenvalue weighted by atomic mass is 16.2. The summed E-state index contributed by atoms with van der Waals surface area (Å²) in [4.78, 5) is 12.2. The van der Waals surface area contributed by atoms with Crippen molar-refractivity contribution in [3.8, 4) is 0 Å². The van der Waals surface area contributed by atoms with Gasteiger partial charge in [-0.3, -0.25) is 0 Å². The number of amides is 2. The number of hydrogen-bond donors (Lipinski definition) is 2. The third-order valence-electron chi connectivity index (χ3n) is 7.12. The molecule has 0 saturated heterocycles. The van der Waals surface area contributed by atoms with Crippen molar-refractivity contribution in [2.45, 2.75) is 64.3 Å². The second-order valence-corrected chi connectivity index (χ2v) is 8.40. The molecule has 5 aliphatic rings. The molecule has 2 amide bonds. The van der Waals surface area contributed by atoms with Gasteiger partial charge in [-0.05, 0) is 74.0 Å². The fourth-order valence-electron chi connectivity index (χ4n) is 5.98. The van der Waals surface area contributed by atoms with Gasteiger partial charge in [0.15, 0.2) is 0 Å². The summed E-state index contributed by atoms with van der Waals surface area (Å²) in [5.41, 5.74) is 0. The molecule has 7 atom stereocenters. The molecule has 5 saturated carbocycles. The van der Waals surface area contributed by atoms with Gasteiger partial charge in [-0.2, -0.15) is 0 Å². The van der Waals surface area contributed by atoms with E-state index >= 15 is 0 Å².